The van der Waals surface area contributed by atoms with E-state index in [2.05, 4.69) is 81.9 Å². The van der Waals surface area contributed by atoms with Gasteiger partial charge in [0.05, 0.1) is 7.05 Å². The Kier molecular flexibility index (Phi) is 7.47. The molecule has 2 aromatic rings. The number of nitrogens with zero attached hydrogens (tertiary/aromatic N) is 1. The van der Waals surface area contributed by atoms with Crippen LogP contribution in [0.3, 0.4) is 0 Å². The minimum atomic E-state index is -0.156. The molecule has 150 valence electrons. The number of allylic oxidation sites excluding steroid dienone is 2. The summed E-state index contributed by atoms with van der Waals surface area (Å²) in [6.07, 6.45) is 4.96. The fourth-order valence-electron chi connectivity index (χ4n) is 3.67. The molecular formula is C25H35N2O+. The van der Waals surface area contributed by atoms with Crippen LogP contribution in [0.5, 0.6) is 5.75 Å². The molecule has 0 saturated heterocycles. The van der Waals surface area contributed by atoms with Crippen LogP contribution in [0.4, 0.5) is 11.4 Å². The number of quaternary nitrogens is 1. The molecule has 28 heavy (non-hydrogen) atoms. The SMILES string of the molecule is C=C(/C=C/c1ccc(N(CC)CC)cc1O)C(C)(CC)c1ccccc1[NH2+]C. The molecule has 0 amide bonds. The maximum atomic E-state index is 10.5. The van der Waals surface area contributed by atoms with Crippen molar-refractivity contribution in [2.75, 3.05) is 25.0 Å². The van der Waals surface area contributed by atoms with E-state index < -0.39 is 0 Å². The molecular weight excluding hydrogens is 344 g/mol. The Morgan fingerprint density at radius 1 is 1.14 bits per heavy atom. The monoisotopic (exact) mass is 379 g/mol. The number of hydrogen-bond acceptors (Lipinski definition) is 2. The summed E-state index contributed by atoms with van der Waals surface area (Å²) in [7, 11) is 2.07. The quantitative estimate of drug-likeness (QED) is 0.475. The lowest BCUT2D eigenvalue weighted by Crippen LogP contribution is -2.73. The first-order chi connectivity index (χ1) is 13.4. The van der Waals surface area contributed by atoms with Gasteiger partial charge >= 0.3 is 0 Å². The third-order valence-electron chi connectivity index (χ3n) is 5.89. The fourth-order valence-corrected chi connectivity index (χ4v) is 3.67. The van der Waals surface area contributed by atoms with Gasteiger partial charge in [-0.2, -0.15) is 0 Å². The zero-order valence-corrected chi connectivity index (χ0v) is 18.0. The molecule has 2 aromatic carbocycles. The lowest BCUT2D eigenvalue weighted by Gasteiger charge is -2.30. The predicted molar refractivity (Wildman–Crippen MR) is 121 cm³/mol. The summed E-state index contributed by atoms with van der Waals surface area (Å²) < 4.78 is 0. The summed E-state index contributed by atoms with van der Waals surface area (Å²) >= 11 is 0. The van der Waals surface area contributed by atoms with E-state index in [9.17, 15) is 5.11 Å². The molecule has 3 nitrogen and oxygen atoms in total. The maximum absolute atomic E-state index is 10.5. The molecule has 0 radical (unpaired) electrons. The Morgan fingerprint density at radius 3 is 2.39 bits per heavy atom. The molecule has 0 fully saturated rings. The average molecular weight is 380 g/mol. The Bertz CT molecular complexity index is 836. The summed E-state index contributed by atoms with van der Waals surface area (Å²) in [6, 6.07) is 14.4. The van der Waals surface area contributed by atoms with Gasteiger partial charge in [0.2, 0.25) is 0 Å². The molecule has 3 N–H and O–H groups in total. The summed E-state index contributed by atoms with van der Waals surface area (Å²) in [4.78, 5) is 2.22. The van der Waals surface area contributed by atoms with Crippen molar-refractivity contribution < 1.29 is 10.4 Å². The van der Waals surface area contributed by atoms with E-state index in [1.54, 1.807) is 0 Å². The molecule has 0 bridgehead atoms. The van der Waals surface area contributed by atoms with Gasteiger partial charge in [0.25, 0.3) is 0 Å². The van der Waals surface area contributed by atoms with E-state index in [0.717, 1.165) is 36.3 Å². The second kappa shape index (κ2) is 9.61. The average Bonchev–Trinajstić information content (AvgIpc) is 2.73. The molecule has 1 unspecified atom stereocenters. The summed E-state index contributed by atoms with van der Waals surface area (Å²) in [5, 5.41) is 12.6. The molecule has 1 atom stereocenters. The van der Waals surface area contributed by atoms with Crippen molar-refractivity contribution in [1.82, 2.24) is 0 Å². The third kappa shape index (κ3) is 4.48. The van der Waals surface area contributed by atoms with E-state index >= 15 is 0 Å². The largest absolute Gasteiger partial charge is 0.507 e. The van der Waals surface area contributed by atoms with Crippen molar-refractivity contribution in [2.24, 2.45) is 0 Å². The van der Waals surface area contributed by atoms with Crippen LogP contribution in [-0.2, 0) is 5.41 Å². The van der Waals surface area contributed by atoms with Crippen LogP contribution in [0.25, 0.3) is 6.08 Å². The first kappa shape index (κ1) is 21.8. The third-order valence-corrected chi connectivity index (χ3v) is 5.89. The van der Waals surface area contributed by atoms with Crippen LogP contribution >= 0.6 is 0 Å². The number of nitrogens with two attached hydrogens (primary N) is 1. The zero-order chi connectivity index (χ0) is 20.7. The number of hydrogen-bond donors (Lipinski definition) is 2. The number of aromatic hydroxyl groups is 1. The van der Waals surface area contributed by atoms with Gasteiger partial charge in [-0.05, 0) is 44.0 Å². The van der Waals surface area contributed by atoms with Gasteiger partial charge < -0.3 is 15.3 Å². The highest BCUT2D eigenvalue weighted by Crippen LogP contribution is 2.38. The van der Waals surface area contributed by atoms with Gasteiger partial charge in [-0.15, -0.1) is 0 Å². The van der Waals surface area contributed by atoms with E-state index in [-0.39, 0.29) is 5.41 Å². The van der Waals surface area contributed by atoms with Crippen molar-refractivity contribution in [3.05, 3.63) is 71.8 Å². The number of para-hydroxylation sites is 1. The number of phenolic OH excluding ortho intramolecular Hbond substituents is 1. The number of phenols is 1. The lowest BCUT2D eigenvalue weighted by atomic mass is 9.73. The van der Waals surface area contributed by atoms with Gasteiger partial charge in [0, 0.05) is 41.4 Å². The van der Waals surface area contributed by atoms with Crippen molar-refractivity contribution in [3.63, 3.8) is 0 Å². The van der Waals surface area contributed by atoms with E-state index in [0.29, 0.717) is 5.75 Å². The van der Waals surface area contributed by atoms with Crippen LogP contribution in [0, 0.1) is 0 Å². The van der Waals surface area contributed by atoms with Crippen molar-refractivity contribution >= 4 is 17.5 Å². The smallest absolute Gasteiger partial charge is 0.133 e. The molecule has 0 aliphatic carbocycles. The van der Waals surface area contributed by atoms with E-state index in [4.69, 9.17) is 0 Å². The summed E-state index contributed by atoms with van der Waals surface area (Å²) in [5.74, 6) is 0.300. The van der Waals surface area contributed by atoms with Gasteiger partial charge in [0.1, 0.15) is 11.4 Å². The molecule has 0 aromatic heterocycles. The van der Waals surface area contributed by atoms with Crippen molar-refractivity contribution in [1.29, 1.82) is 0 Å². The molecule has 0 spiro atoms. The normalized spacial score (nSPS) is 13.5. The van der Waals surface area contributed by atoms with Crippen LogP contribution < -0.4 is 10.2 Å². The Hall–Kier alpha value is -2.52. The Labute approximate surface area is 170 Å². The molecule has 0 aliphatic heterocycles. The number of anilines is 1. The number of rotatable bonds is 9. The first-order valence-corrected chi connectivity index (χ1v) is 10.3. The highest BCUT2D eigenvalue weighted by atomic mass is 16.3. The van der Waals surface area contributed by atoms with Crippen LogP contribution in [0.15, 0.2) is 60.7 Å². The lowest BCUT2D eigenvalue weighted by molar-refractivity contribution is -0.540. The standard InChI is InChI=1S/C25H34N2O/c1-7-25(5,22-12-10-11-13-23(22)26-6)19(4)14-15-20-16-17-21(18-24(20)28)27(8-2)9-3/h10-18,26,28H,4,7-9H2,1-3,5-6H3/p+1/b15-14+. The molecule has 3 heteroatoms. The van der Waals surface area contributed by atoms with Crippen LogP contribution in [-0.4, -0.2) is 25.2 Å². The van der Waals surface area contributed by atoms with E-state index in [1.165, 1.54) is 11.3 Å². The summed E-state index contributed by atoms with van der Waals surface area (Å²) in [6.45, 7) is 14.9. The topological polar surface area (TPSA) is 40.1 Å². The van der Waals surface area contributed by atoms with Crippen molar-refractivity contribution in [2.45, 2.75) is 39.5 Å². The number of benzene rings is 2. The highest BCUT2D eigenvalue weighted by Gasteiger charge is 2.30. The van der Waals surface area contributed by atoms with Crippen molar-refractivity contribution in [3.8, 4) is 5.75 Å². The van der Waals surface area contributed by atoms with Gasteiger partial charge in [-0.1, -0.05) is 50.8 Å². The highest BCUT2D eigenvalue weighted by molar-refractivity contribution is 5.65. The fraction of sp³-hybridized carbons (Fsp3) is 0.360. The summed E-state index contributed by atoms with van der Waals surface area (Å²) in [5.41, 5.74) is 5.27. The van der Waals surface area contributed by atoms with E-state index in [1.807, 2.05) is 24.3 Å². The minimum absolute atomic E-state index is 0.156. The maximum Gasteiger partial charge on any atom is 0.133 e. The molecule has 0 aliphatic rings. The van der Waals surface area contributed by atoms with Crippen LogP contribution in [0.1, 0.15) is 45.2 Å². The van der Waals surface area contributed by atoms with Gasteiger partial charge in [-0.25, -0.2) is 0 Å². The van der Waals surface area contributed by atoms with Gasteiger partial charge in [0.15, 0.2) is 0 Å². The molecule has 2 rings (SSSR count). The molecule has 0 saturated carbocycles. The second-order valence-electron chi connectivity index (χ2n) is 7.34. The van der Waals surface area contributed by atoms with Gasteiger partial charge in [-0.3, -0.25) is 0 Å². The zero-order valence-electron chi connectivity index (χ0n) is 18.0. The Morgan fingerprint density at radius 2 is 1.82 bits per heavy atom. The Balaban J connectivity index is 2.31. The first-order valence-electron chi connectivity index (χ1n) is 10.3. The second-order valence-corrected chi connectivity index (χ2v) is 7.34. The minimum Gasteiger partial charge on any atom is -0.507 e. The molecule has 0 heterocycles. The van der Waals surface area contributed by atoms with Crippen LogP contribution in [0.2, 0.25) is 0 Å². The predicted octanol–water partition coefficient (Wildman–Crippen LogP) is 5.00.